The van der Waals surface area contributed by atoms with Crippen LogP contribution in [0.1, 0.15) is 51.4 Å². The summed E-state index contributed by atoms with van der Waals surface area (Å²) in [5, 5.41) is 12.9. The number of aliphatic hydroxyl groups is 1. The van der Waals surface area contributed by atoms with Gasteiger partial charge in [-0.3, -0.25) is 0 Å². The first-order chi connectivity index (χ1) is 8.88. The SMILES string of the molecule is OCC1CCN(CCNC2CCCCCC2)CC1. The number of piperidine rings is 1. The minimum Gasteiger partial charge on any atom is -0.396 e. The first-order valence-electron chi connectivity index (χ1n) is 7.95. The predicted octanol–water partition coefficient (Wildman–Crippen LogP) is 2.00. The molecule has 0 unspecified atom stereocenters. The summed E-state index contributed by atoms with van der Waals surface area (Å²) in [7, 11) is 0. The van der Waals surface area contributed by atoms with Gasteiger partial charge in [0.25, 0.3) is 0 Å². The molecule has 0 aromatic heterocycles. The third-order valence-electron chi connectivity index (χ3n) is 4.68. The Morgan fingerprint density at radius 2 is 1.61 bits per heavy atom. The molecule has 0 bridgehead atoms. The Morgan fingerprint density at radius 1 is 0.944 bits per heavy atom. The summed E-state index contributed by atoms with van der Waals surface area (Å²) in [6.45, 7) is 5.08. The van der Waals surface area contributed by atoms with Gasteiger partial charge in [-0.1, -0.05) is 25.7 Å². The first-order valence-corrected chi connectivity index (χ1v) is 7.95. The van der Waals surface area contributed by atoms with Crippen LogP contribution in [0.5, 0.6) is 0 Å². The summed E-state index contributed by atoms with van der Waals surface area (Å²) in [4.78, 5) is 2.55. The maximum atomic E-state index is 9.12. The number of hydrogen-bond donors (Lipinski definition) is 2. The lowest BCUT2D eigenvalue weighted by atomic mass is 9.98. The Labute approximate surface area is 112 Å². The highest BCUT2D eigenvalue weighted by Crippen LogP contribution is 2.18. The summed E-state index contributed by atoms with van der Waals surface area (Å²) in [5.41, 5.74) is 0. The fourth-order valence-corrected chi connectivity index (χ4v) is 3.30. The van der Waals surface area contributed by atoms with Crippen molar-refractivity contribution in [1.82, 2.24) is 10.2 Å². The summed E-state index contributed by atoms with van der Waals surface area (Å²) < 4.78 is 0. The second-order valence-corrected chi connectivity index (χ2v) is 6.11. The molecule has 0 aromatic carbocycles. The molecule has 0 aromatic rings. The van der Waals surface area contributed by atoms with Crippen LogP contribution in [0.4, 0.5) is 0 Å². The van der Waals surface area contributed by atoms with Crippen LogP contribution in [0.25, 0.3) is 0 Å². The molecule has 1 saturated heterocycles. The normalized spacial score (nSPS) is 25.2. The molecule has 18 heavy (non-hydrogen) atoms. The smallest absolute Gasteiger partial charge is 0.0460 e. The quantitative estimate of drug-likeness (QED) is 0.737. The van der Waals surface area contributed by atoms with E-state index in [0.717, 1.165) is 12.6 Å². The van der Waals surface area contributed by atoms with Crippen molar-refractivity contribution in [3.63, 3.8) is 0 Å². The first kappa shape index (κ1) is 14.3. The van der Waals surface area contributed by atoms with Crippen LogP contribution >= 0.6 is 0 Å². The van der Waals surface area contributed by atoms with Gasteiger partial charge >= 0.3 is 0 Å². The Bertz CT molecular complexity index is 207. The predicted molar refractivity (Wildman–Crippen MR) is 75.7 cm³/mol. The molecule has 106 valence electrons. The highest BCUT2D eigenvalue weighted by molar-refractivity contribution is 4.74. The number of rotatable bonds is 5. The van der Waals surface area contributed by atoms with E-state index < -0.39 is 0 Å². The topological polar surface area (TPSA) is 35.5 Å². The molecule has 3 nitrogen and oxygen atoms in total. The Morgan fingerprint density at radius 3 is 2.22 bits per heavy atom. The zero-order chi connectivity index (χ0) is 12.6. The summed E-state index contributed by atoms with van der Waals surface area (Å²) in [5.74, 6) is 0.566. The summed E-state index contributed by atoms with van der Waals surface area (Å²) >= 11 is 0. The van der Waals surface area contributed by atoms with E-state index in [1.54, 1.807) is 0 Å². The molecule has 2 fully saturated rings. The standard InChI is InChI=1S/C15H30N2O/c18-13-14-7-10-17(11-8-14)12-9-16-15-5-3-1-2-4-6-15/h14-16,18H,1-13H2. The molecule has 1 aliphatic heterocycles. The van der Waals surface area contributed by atoms with Crippen molar-refractivity contribution in [2.75, 3.05) is 32.8 Å². The number of hydrogen-bond acceptors (Lipinski definition) is 3. The maximum Gasteiger partial charge on any atom is 0.0460 e. The average molecular weight is 254 g/mol. The number of likely N-dealkylation sites (tertiary alicyclic amines) is 1. The molecule has 0 spiro atoms. The molecule has 0 amide bonds. The van der Waals surface area contributed by atoms with Crippen molar-refractivity contribution in [1.29, 1.82) is 0 Å². The Kier molecular flexibility index (Phi) is 6.46. The van der Waals surface area contributed by atoms with Crippen LogP contribution in [-0.4, -0.2) is 48.8 Å². The molecule has 1 heterocycles. The molecule has 2 aliphatic rings. The van der Waals surface area contributed by atoms with Gasteiger partial charge in [0.15, 0.2) is 0 Å². The number of aliphatic hydroxyl groups excluding tert-OH is 1. The van der Waals surface area contributed by atoms with Crippen molar-refractivity contribution in [2.45, 2.75) is 57.4 Å². The van der Waals surface area contributed by atoms with E-state index in [-0.39, 0.29) is 0 Å². The van der Waals surface area contributed by atoms with E-state index in [4.69, 9.17) is 5.11 Å². The van der Waals surface area contributed by atoms with E-state index in [1.165, 1.54) is 71.0 Å². The maximum absolute atomic E-state index is 9.12. The van der Waals surface area contributed by atoms with Crippen LogP contribution in [-0.2, 0) is 0 Å². The van der Waals surface area contributed by atoms with Gasteiger partial charge in [0, 0.05) is 25.7 Å². The highest BCUT2D eigenvalue weighted by atomic mass is 16.3. The molecule has 3 heteroatoms. The highest BCUT2D eigenvalue weighted by Gasteiger charge is 2.18. The van der Waals surface area contributed by atoms with Crippen LogP contribution in [0.15, 0.2) is 0 Å². The summed E-state index contributed by atoms with van der Waals surface area (Å²) in [6.07, 6.45) is 10.8. The molecular weight excluding hydrogens is 224 g/mol. The second kappa shape index (κ2) is 8.13. The van der Waals surface area contributed by atoms with E-state index in [1.807, 2.05) is 0 Å². The van der Waals surface area contributed by atoms with Crippen LogP contribution in [0.2, 0.25) is 0 Å². The van der Waals surface area contributed by atoms with Crippen molar-refractivity contribution >= 4 is 0 Å². The number of nitrogens with one attached hydrogen (secondary N) is 1. The average Bonchev–Trinajstić information content (AvgIpc) is 2.68. The molecule has 0 atom stereocenters. The third kappa shape index (κ3) is 4.87. The zero-order valence-corrected chi connectivity index (χ0v) is 11.7. The Balaban J connectivity index is 1.55. The third-order valence-corrected chi connectivity index (χ3v) is 4.68. The fourth-order valence-electron chi connectivity index (χ4n) is 3.30. The van der Waals surface area contributed by atoms with Crippen molar-refractivity contribution in [3.05, 3.63) is 0 Å². The molecular formula is C15H30N2O. The van der Waals surface area contributed by atoms with Crippen molar-refractivity contribution < 1.29 is 5.11 Å². The van der Waals surface area contributed by atoms with Crippen LogP contribution in [0.3, 0.4) is 0 Å². The minimum absolute atomic E-state index is 0.383. The largest absolute Gasteiger partial charge is 0.396 e. The van der Waals surface area contributed by atoms with Gasteiger partial charge in [0.05, 0.1) is 0 Å². The zero-order valence-electron chi connectivity index (χ0n) is 11.7. The fraction of sp³-hybridized carbons (Fsp3) is 1.00. The van der Waals surface area contributed by atoms with Crippen molar-refractivity contribution in [2.24, 2.45) is 5.92 Å². The van der Waals surface area contributed by atoms with Gasteiger partial charge in [-0.15, -0.1) is 0 Å². The van der Waals surface area contributed by atoms with E-state index in [9.17, 15) is 0 Å². The number of nitrogens with zero attached hydrogens (tertiary/aromatic N) is 1. The van der Waals surface area contributed by atoms with Gasteiger partial charge in [-0.25, -0.2) is 0 Å². The lowest BCUT2D eigenvalue weighted by Crippen LogP contribution is -2.41. The molecule has 0 radical (unpaired) electrons. The van der Waals surface area contributed by atoms with Gasteiger partial charge in [-0.05, 0) is 44.7 Å². The lowest BCUT2D eigenvalue weighted by Gasteiger charge is -2.31. The molecule has 2 N–H and O–H groups in total. The van der Waals surface area contributed by atoms with Crippen molar-refractivity contribution in [3.8, 4) is 0 Å². The van der Waals surface area contributed by atoms with E-state index in [2.05, 4.69) is 10.2 Å². The second-order valence-electron chi connectivity index (χ2n) is 6.11. The van der Waals surface area contributed by atoms with Gasteiger partial charge < -0.3 is 15.3 Å². The van der Waals surface area contributed by atoms with E-state index in [0.29, 0.717) is 12.5 Å². The molecule has 1 aliphatic carbocycles. The minimum atomic E-state index is 0.383. The van der Waals surface area contributed by atoms with Gasteiger partial charge in [0.2, 0.25) is 0 Å². The summed E-state index contributed by atoms with van der Waals surface area (Å²) in [6, 6.07) is 0.780. The molecule has 1 saturated carbocycles. The Hall–Kier alpha value is -0.120. The van der Waals surface area contributed by atoms with E-state index >= 15 is 0 Å². The van der Waals surface area contributed by atoms with Crippen LogP contribution < -0.4 is 5.32 Å². The van der Waals surface area contributed by atoms with Gasteiger partial charge in [0.1, 0.15) is 0 Å². The monoisotopic (exact) mass is 254 g/mol. The van der Waals surface area contributed by atoms with Crippen LogP contribution in [0, 0.1) is 5.92 Å². The molecule has 2 rings (SSSR count). The lowest BCUT2D eigenvalue weighted by molar-refractivity contribution is 0.131. The van der Waals surface area contributed by atoms with Gasteiger partial charge in [-0.2, -0.15) is 0 Å².